The third kappa shape index (κ3) is 3.64. The predicted octanol–water partition coefficient (Wildman–Crippen LogP) is 4.08. The molecule has 4 rings (SSSR count). The first-order valence-electron chi connectivity index (χ1n) is 9.98. The van der Waals surface area contributed by atoms with Crippen molar-refractivity contribution in [3.8, 4) is 0 Å². The lowest BCUT2D eigenvalue weighted by atomic mass is 10.1. The van der Waals surface area contributed by atoms with Gasteiger partial charge in [-0.15, -0.1) is 11.3 Å². The number of thiophene rings is 1. The van der Waals surface area contributed by atoms with E-state index in [1.54, 1.807) is 11.3 Å². The van der Waals surface area contributed by atoms with Crippen molar-refractivity contribution in [1.29, 1.82) is 0 Å². The van der Waals surface area contributed by atoms with Crippen LogP contribution < -0.4 is 5.73 Å². The number of nitrogen functional groups attached to an aromatic ring is 1. The second-order valence-corrected chi connectivity index (χ2v) is 9.05. The predicted molar refractivity (Wildman–Crippen MR) is 118 cm³/mol. The van der Waals surface area contributed by atoms with Crippen LogP contribution in [0.5, 0.6) is 0 Å². The number of fused-ring (bicyclic) bond motifs is 1. The van der Waals surface area contributed by atoms with E-state index in [4.69, 9.17) is 10.7 Å². The fourth-order valence-electron chi connectivity index (χ4n) is 3.99. The lowest BCUT2D eigenvalue weighted by Crippen LogP contribution is -2.47. The number of rotatable bonds is 4. The van der Waals surface area contributed by atoms with Gasteiger partial charge in [0.15, 0.2) is 0 Å². The Balaban J connectivity index is 1.45. The summed E-state index contributed by atoms with van der Waals surface area (Å²) in [6, 6.07) is 8.85. The zero-order chi connectivity index (χ0) is 19.8. The van der Waals surface area contributed by atoms with Gasteiger partial charge in [0.2, 0.25) is 0 Å². The third-order valence-corrected chi connectivity index (χ3v) is 7.16. The second-order valence-electron chi connectivity index (χ2n) is 7.85. The molecule has 1 aromatic carbocycles. The number of nitrogens with two attached hydrogens (primary N) is 1. The molecule has 1 saturated heterocycles. The third-order valence-electron chi connectivity index (χ3n) is 6.06. The molecule has 0 saturated carbocycles. The lowest BCUT2D eigenvalue weighted by molar-refractivity contribution is 0.0948. The van der Waals surface area contributed by atoms with Crippen molar-refractivity contribution < 1.29 is 0 Å². The Hall–Kier alpha value is -2.02. The maximum Gasteiger partial charge on any atom is 0.149 e. The molecule has 6 heteroatoms. The van der Waals surface area contributed by atoms with E-state index >= 15 is 0 Å². The fourth-order valence-corrected chi connectivity index (χ4v) is 5.03. The Morgan fingerprint density at radius 1 is 1.07 bits per heavy atom. The zero-order valence-electron chi connectivity index (χ0n) is 17.2. The summed E-state index contributed by atoms with van der Waals surface area (Å²) < 4.78 is 0. The Bertz CT molecular complexity index is 988. The summed E-state index contributed by atoms with van der Waals surface area (Å²) in [5.74, 6) is 1.46. The zero-order valence-corrected chi connectivity index (χ0v) is 18.0. The Morgan fingerprint density at radius 2 is 1.79 bits per heavy atom. The molecule has 0 bridgehead atoms. The summed E-state index contributed by atoms with van der Waals surface area (Å²) in [5.41, 5.74) is 10.3. The van der Waals surface area contributed by atoms with Crippen LogP contribution in [0.2, 0.25) is 0 Å². The van der Waals surface area contributed by atoms with E-state index in [-0.39, 0.29) is 6.04 Å². The Labute approximate surface area is 171 Å². The summed E-state index contributed by atoms with van der Waals surface area (Å²) in [6.45, 7) is 13.8. The highest BCUT2D eigenvalue weighted by Crippen LogP contribution is 2.33. The summed E-state index contributed by atoms with van der Waals surface area (Å²) in [4.78, 5) is 16.8. The molecule has 2 N–H and O–H groups in total. The number of aromatic nitrogens is 2. The van der Waals surface area contributed by atoms with Gasteiger partial charge in [0.05, 0.1) is 11.4 Å². The highest BCUT2D eigenvalue weighted by Gasteiger charge is 2.25. The first kappa shape index (κ1) is 19.3. The first-order valence-corrected chi connectivity index (χ1v) is 10.8. The van der Waals surface area contributed by atoms with Crippen LogP contribution in [-0.4, -0.2) is 45.9 Å². The molecule has 3 heterocycles. The maximum atomic E-state index is 6.29. The average molecular weight is 396 g/mol. The number of hydrogen-bond acceptors (Lipinski definition) is 6. The number of anilines is 1. The van der Waals surface area contributed by atoms with Crippen LogP contribution in [0.1, 0.15) is 40.4 Å². The van der Waals surface area contributed by atoms with E-state index in [0.717, 1.165) is 48.8 Å². The van der Waals surface area contributed by atoms with E-state index in [2.05, 4.69) is 66.7 Å². The van der Waals surface area contributed by atoms with Crippen LogP contribution in [0.15, 0.2) is 24.3 Å². The largest absolute Gasteiger partial charge is 0.383 e. The smallest absolute Gasteiger partial charge is 0.149 e. The molecule has 28 heavy (non-hydrogen) atoms. The molecule has 1 atom stereocenters. The van der Waals surface area contributed by atoms with Crippen LogP contribution >= 0.6 is 11.3 Å². The minimum atomic E-state index is 0.176. The van der Waals surface area contributed by atoms with Crippen molar-refractivity contribution in [3.63, 3.8) is 0 Å². The van der Waals surface area contributed by atoms with E-state index in [9.17, 15) is 0 Å². The van der Waals surface area contributed by atoms with Gasteiger partial charge in [-0.25, -0.2) is 9.97 Å². The van der Waals surface area contributed by atoms with Gasteiger partial charge in [0.25, 0.3) is 0 Å². The topological polar surface area (TPSA) is 58.3 Å². The Kier molecular flexibility index (Phi) is 5.36. The van der Waals surface area contributed by atoms with Crippen LogP contribution in [0.4, 0.5) is 5.82 Å². The van der Waals surface area contributed by atoms with Gasteiger partial charge >= 0.3 is 0 Å². The van der Waals surface area contributed by atoms with Gasteiger partial charge in [-0.2, -0.15) is 0 Å². The van der Waals surface area contributed by atoms with Crippen LogP contribution in [-0.2, 0) is 6.54 Å². The van der Waals surface area contributed by atoms with Crippen LogP contribution in [0.25, 0.3) is 10.2 Å². The van der Waals surface area contributed by atoms with Gasteiger partial charge in [-0.3, -0.25) is 9.80 Å². The molecule has 1 aliphatic heterocycles. The van der Waals surface area contributed by atoms with Crippen molar-refractivity contribution in [1.82, 2.24) is 19.8 Å². The van der Waals surface area contributed by atoms with Gasteiger partial charge in [-0.1, -0.05) is 24.3 Å². The number of nitrogens with zero attached hydrogens (tertiary/aromatic N) is 4. The van der Waals surface area contributed by atoms with Crippen LogP contribution in [0.3, 0.4) is 0 Å². The van der Waals surface area contributed by atoms with Crippen molar-refractivity contribution in [2.75, 3.05) is 31.9 Å². The van der Waals surface area contributed by atoms with E-state index < -0.39 is 0 Å². The van der Waals surface area contributed by atoms with Gasteiger partial charge in [0.1, 0.15) is 16.5 Å². The minimum Gasteiger partial charge on any atom is -0.383 e. The number of aryl methyl sites for hydroxylation is 3. The quantitative estimate of drug-likeness (QED) is 0.721. The monoisotopic (exact) mass is 395 g/mol. The summed E-state index contributed by atoms with van der Waals surface area (Å²) >= 11 is 1.72. The fraction of sp³-hybridized carbons (Fsp3) is 0.455. The van der Waals surface area contributed by atoms with Crippen LogP contribution in [0, 0.1) is 20.8 Å². The van der Waals surface area contributed by atoms with Gasteiger partial charge in [0, 0.05) is 37.6 Å². The number of piperazine rings is 1. The van der Waals surface area contributed by atoms with E-state index in [0.29, 0.717) is 5.82 Å². The molecule has 148 valence electrons. The summed E-state index contributed by atoms with van der Waals surface area (Å²) in [6.07, 6.45) is 0. The maximum absolute atomic E-state index is 6.29. The van der Waals surface area contributed by atoms with E-state index in [1.807, 2.05) is 0 Å². The second kappa shape index (κ2) is 7.78. The molecule has 0 radical (unpaired) electrons. The van der Waals surface area contributed by atoms with Crippen molar-refractivity contribution in [3.05, 3.63) is 51.7 Å². The van der Waals surface area contributed by atoms with Crippen molar-refractivity contribution >= 4 is 27.4 Å². The van der Waals surface area contributed by atoms with E-state index in [1.165, 1.54) is 21.6 Å². The molecule has 0 unspecified atom stereocenters. The first-order chi connectivity index (χ1) is 13.4. The number of benzene rings is 1. The molecule has 1 aliphatic rings. The number of hydrogen-bond donors (Lipinski definition) is 1. The lowest BCUT2D eigenvalue weighted by Gasteiger charge is -2.37. The molecule has 0 amide bonds. The normalized spacial score (nSPS) is 17.3. The molecule has 3 aromatic rings. The average Bonchev–Trinajstić information content (AvgIpc) is 2.98. The standard InChI is InChI=1S/C22H29N5S/c1-14-7-5-6-8-18(14)13-26-9-11-27(12-10-26)16(3)21-24-20(23)19-15(2)17(4)28-22(19)25-21/h5-8,16H,9-13H2,1-4H3,(H2,23,24,25)/t16-/m1/s1. The molecular weight excluding hydrogens is 366 g/mol. The molecule has 2 aromatic heterocycles. The molecular formula is C22H29N5S. The molecule has 5 nitrogen and oxygen atoms in total. The SMILES string of the molecule is Cc1ccccc1CN1CCN([C@H](C)c2nc(N)c3c(C)c(C)sc3n2)CC1. The summed E-state index contributed by atoms with van der Waals surface area (Å²) in [7, 11) is 0. The van der Waals surface area contributed by atoms with Crippen molar-refractivity contribution in [2.45, 2.75) is 40.3 Å². The summed E-state index contributed by atoms with van der Waals surface area (Å²) in [5, 5.41) is 1.03. The Morgan fingerprint density at radius 3 is 2.50 bits per heavy atom. The van der Waals surface area contributed by atoms with Gasteiger partial charge < -0.3 is 5.73 Å². The van der Waals surface area contributed by atoms with Gasteiger partial charge in [-0.05, 0) is 44.4 Å². The molecule has 1 fully saturated rings. The molecule has 0 spiro atoms. The highest BCUT2D eigenvalue weighted by atomic mass is 32.1. The molecule has 0 aliphatic carbocycles. The minimum absolute atomic E-state index is 0.176. The highest BCUT2D eigenvalue weighted by molar-refractivity contribution is 7.18. The van der Waals surface area contributed by atoms with Crippen molar-refractivity contribution in [2.24, 2.45) is 0 Å².